The minimum atomic E-state index is -1.01. The van der Waals surface area contributed by atoms with Crippen molar-refractivity contribution >= 4 is 39.1 Å². The summed E-state index contributed by atoms with van der Waals surface area (Å²) in [4.78, 5) is 16.4. The minimum Gasteiger partial charge on any atom is -0.293 e. The van der Waals surface area contributed by atoms with Crippen molar-refractivity contribution in [1.82, 2.24) is 4.98 Å². The number of para-hydroxylation sites is 1. The van der Waals surface area contributed by atoms with Gasteiger partial charge < -0.3 is 0 Å². The van der Waals surface area contributed by atoms with Crippen molar-refractivity contribution in [2.75, 3.05) is 5.75 Å². The Labute approximate surface area is 127 Å². The fraction of sp³-hybridized carbons (Fsp3) is 0.0667. The molecule has 0 aliphatic heterocycles. The number of thiazole rings is 1. The molecule has 2 aromatic carbocycles. The smallest absolute Gasteiger partial charge is 0.173 e. The molecule has 106 valence electrons. The number of thioether (sulfide) groups is 1. The van der Waals surface area contributed by atoms with E-state index in [4.69, 9.17) is 0 Å². The molecule has 0 radical (unpaired) electrons. The largest absolute Gasteiger partial charge is 0.293 e. The van der Waals surface area contributed by atoms with Gasteiger partial charge in [-0.2, -0.15) is 0 Å². The third-order valence-electron chi connectivity index (χ3n) is 2.84. The van der Waals surface area contributed by atoms with E-state index in [9.17, 15) is 13.6 Å². The number of nitrogens with zero attached hydrogens (tertiary/aromatic N) is 1. The summed E-state index contributed by atoms with van der Waals surface area (Å²) in [6.07, 6.45) is 0. The molecule has 0 unspecified atom stereocenters. The van der Waals surface area contributed by atoms with Gasteiger partial charge in [-0.3, -0.25) is 4.79 Å². The number of hydrogen-bond donors (Lipinski definition) is 0. The van der Waals surface area contributed by atoms with Gasteiger partial charge >= 0.3 is 0 Å². The lowest BCUT2D eigenvalue weighted by Gasteiger charge is -2.00. The molecular weight excluding hydrogens is 312 g/mol. The van der Waals surface area contributed by atoms with Gasteiger partial charge in [0.2, 0.25) is 0 Å². The van der Waals surface area contributed by atoms with Crippen molar-refractivity contribution in [3.8, 4) is 0 Å². The maximum absolute atomic E-state index is 13.1. The quantitative estimate of drug-likeness (QED) is 0.521. The van der Waals surface area contributed by atoms with Crippen molar-refractivity contribution in [2.45, 2.75) is 4.34 Å². The molecule has 0 amide bonds. The van der Waals surface area contributed by atoms with Gasteiger partial charge in [-0.15, -0.1) is 11.3 Å². The van der Waals surface area contributed by atoms with Crippen LogP contribution in [0.2, 0.25) is 0 Å². The fourth-order valence-electron chi connectivity index (χ4n) is 1.79. The Morgan fingerprint density at radius 3 is 2.71 bits per heavy atom. The highest BCUT2D eigenvalue weighted by Gasteiger charge is 2.12. The first-order chi connectivity index (χ1) is 10.1. The number of rotatable bonds is 4. The Bertz CT molecular complexity index is 783. The molecule has 3 aromatic rings. The predicted octanol–water partition coefficient (Wildman–Crippen LogP) is 4.55. The summed E-state index contributed by atoms with van der Waals surface area (Å²) in [5.74, 6) is -2.07. The number of aromatic nitrogens is 1. The van der Waals surface area contributed by atoms with Gasteiger partial charge in [0.05, 0.1) is 16.0 Å². The minimum absolute atomic E-state index is 0.144. The van der Waals surface area contributed by atoms with Crippen molar-refractivity contribution in [3.63, 3.8) is 0 Å². The molecule has 1 heterocycles. The van der Waals surface area contributed by atoms with Crippen LogP contribution >= 0.6 is 23.1 Å². The summed E-state index contributed by atoms with van der Waals surface area (Å²) in [6, 6.07) is 10.9. The van der Waals surface area contributed by atoms with Crippen LogP contribution in [-0.2, 0) is 0 Å². The molecule has 0 saturated carbocycles. The molecular formula is C15H9F2NOS2. The topological polar surface area (TPSA) is 30.0 Å². The zero-order valence-corrected chi connectivity index (χ0v) is 12.3. The van der Waals surface area contributed by atoms with Crippen LogP contribution in [0.1, 0.15) is 10.4 Å². The van der Waals surface area contributed by atoms with Crippen LogP contribution in [0.15, 0.2) is 46.8 Å². The highest BCUT2D eigenvalue weighted by molar-refractivity contribution is 8.01. The Morgan fingerprint density at radius 2 is 1.95 bits per heavy atom. The third kappa shape index (κ3) is 3.11. The Kier molecular flexibility index (Phi) is 3.98. The monoisotopic (exact) mass is 321 g/mol. The van der Waals surface area contributed by atoms with Crippen molar-refractivity contribution in [3.05, 3.63) is 59.7 Å². The Morgan fingerprint density at radius 1 is 1.14 bits per heavy atom. The number of benzene rings is 2. The average molecular weight is 321 g/mol. The van der Waals surface area contributed by atoms with Crippen LogP contribution < -0.4 is 0 Å². The lowest BCUT2D eigenvalue weighted by atomic mass is 10.1. The molecule has 0 atom stereocenters. The first-order valence-corrected chi connectivity index (χ1v) is 7.90. The van der Waals surface area contributed by atoms with Gasteiger partial charge in [0.25, 0.3) is 0 Å². The highest BCUT2D eigenvalue weighted by atomic mass is 32.2. The average Bonchev–Trinajstić information content (AvgIpc) is 2.90. The lowest BCUT2D eigenvalue weighted by molar-refractivity contribution is 0.102. The van der Waals surface area contributed by atoms with Gasteiger partial charge in [0, 0.05) is 5.56 Å². The summed E-state index contributed by atoms with van der Waals surface area (Å²) in [6.45, 7) is 0. The number of fused-ring (bicyclic) bond motifs is 1. The molecule has 1 aromatic heterocycles. The second kappa shape index (κ2) is 5.91. The molecule has 0 aliphatic rings. The summed E-state index contributed by atoms with van der Waals surface area (Å²) in [5.41, 5.74) is 1.06. The predicted molar refractivity (Wildman–Crippen MR) is 81.0 cm³/mol. The van der Waals surface area contributed by atoms with Gasteiger partial charge in [0.15, 0.2) is 21.8 Å². The number of carbonyl (C=O) groups is 1. The number of ketones is 1. The Hall–Kier alpha value is -1.79. The second-order valence-corrected chi connectivity index (χ2v) is 6.54. The van der Waals surface area contributed by atoms with Crippen LogP contribution in [0.25, 0.3) is 10.2 Å². The van der Waals surface area contributed by atoms with E-state index in [0.717, 1.165) is 26.7 Å². The normalized spacial score (nSPS) is 11.0. The van der Waals surface area contributed by atoms with E-state index in [-0.39, 0.29) is 17.1 Å². The van der Waals surface area contributed by atoms with Crippen molar-refractivity contribution in [1.29, 1.82) is 0 Å². The highest BCUT2D eigenvalue weighted by Crippen LogP contribution is 2.29. The van der Waals surface area contributed by atoms with Gasteiger partial charge in [-0.25, -0.2) is 13.8 Å². The molecule has 6 heteroatoms. The first-order valence-electron chi connectivity index (χ1n) is 6.10. The molecule has 3 rings (SSSR count). The lowest BCUT2D eigenvalue weighted by Crippen LogP contribution is -2.03. The van der Waals surface area contributed by atoms with Gasteiger partial charge in [-0.05, 0) is 30.3 Å². The van der Waals surface area contributed by atoms with E-state index in [1.165, 1.54) is 29.2 Å². The van der Waals surface area contributed by atoms with Gasteiger partial charge in [0.1, 0.15) is 0 Å². The van der Waals surface area contributed by atoms with Crippen molar-refractivity contribution in [2.24, 2.45) is 0 Å². The van der Waals surface area contributed by atoms with E-state index in [0.29, 0.717) is 0 Å². The molecule has 0 spiro atoms. The fourth-order valence-corrected chi connectivity index (χ4v) is 3.76. The standard InChI is InChI=1S/C15H9F2NOS2/c16-10-6-5-9(7-11(10)17)13(19)8-20-15-18-12-3-1-2-4-14(12)21-15/h1-7H,8H2. The number of halogens is 2. The summed E-state index contributed by atoms with van der Waals surface area (Å²) >= 11 is 2.81. The second-order valence-electron chi connectivity index (χ2n) is 4.29. The molecule has 2 nitrogen and oxygen atoms in total. The van der Waals surface area contributed by atoms with Crippen LogP contribution in [0.4, 0.5) is 8.78 Å². The van der Waals surface area contributed by atoms with E-state index >= 15 is 0 Å². The number of Topliss-reactive ketones (excluding diaryl/α,β-unsaturated/α-hetero) is 1. The van der Waals surface area contributed by atoms with E-state index in [1.54, 1.807) is 0 Å². The molecule has 0 N–H and O–H groups in total. The summed E-state index contributed by atoms with van der Waals surface area (Å²) in [5, 5.41) is 0. The SMILES string of the molecule is O=C(CSc1nc2ccccc2s1)c1ccc(F)c(F)c1. The van der Waals surface area contributed by atoms with Gasteiger partial charge in [-0.1, -0.05) is 23.9 Å². The van der Waals surface area contributed by atoms with Crippen LogP contribution in [0, 0.1) is 11.6 Å². The summed E-state index contributed by atoms with van der Waals surface area (Å²) < 4.78 is 27.8. The number of hydrogen-bond acceptors (Lipinski definition) is 4. The van der Waals surface area contributed by atoms with Crippen LogP contribution in [-0.4, -0.2) is 16.5 Å². The molecule has 21 heavy (non-hydrogen) atoms. The van der Waals surface area contributed by atoms with Crippen LogP contribution in [0.3, 0.4) is 0 Å². The molecule has 0 fully saturated rings. The van der Waals surface area contributed by atoms with Crippen LogP contribution in [0.5, 0.6) is 0 Å². The maximum atomic E-state index is 13.1. The zero-order chi connectivity index (χ0) is 14.8. The van der Waals surface area contributed by atoms with Crippen molar-refractivity contribution < 1.29 is 13.6 Å². The summed E-state index contributed by atoms with van der Waals surface area (Å²) in [7, 11) is 0. The number of carbonyl (C=O) groups excluding carboxylic acids is 1. The molecule has 0 aliphatic carbocycles. The van der Waals surface area contributed by atoms with E-state index in [2.05, 4.69) is 4.98 Å². The maximum Gasteiger partial charge on any atom is 0.173 e. The molecule has 0 bridgehead atoms. The van der Waals surface area contributed by atoms with E-state index < -0.39 is 11.6 Å². The first kappa shape index (κ1) is 14.2. The van der Waals surface area contributed by atoms with E-state index in [1.807, 2.05) is 24.3 Å². The Balaban J connectivity index is 1.71. The third-order valence-corrected chi connectivity index (χ3v) is 5.02. The zero-order valence-electron chi connectivity index (χ0n) is 10.7. The molecule has 0 saturated heterocycles.